The zero-order valence-electron chi connectivity index (χ0n) is 12.3. The molecular weight excluding hydrogens is 290 g/mol. The summed E-state index contributed by atoms with van der Waals surface area (Å²) in [6.45, 7) is 3.44. The average molecular weight is 311 g/mol. The number of carbonyl (C=O) groups excluding carboxylic acids is 1. The van der Waals surface area contributed by atoms with Gasteiger partial charge >= 0.3 is 0 Å². The van der Waals surface area contributed by atoms with E-state index in [9.17, 15) is 4.79 Å². The Hall–Kier alpha value is -1.05. The molecule has 1 N–H and O–H groups in total. The Labute approximate surface area is 128 Å². The first-order valence-corrected chi connectivity index (χ1v) is 8.40. The lowest BCUT2D eigenvalue weighted by atomic mass is 9.90. The summed E-state index contributed by atoms with van der Waals surface area (Å²) in [4.78, 5) is 13.0. The number of aromatic nitrogens is 2. The molecule has 1 saturated carbocycles. The zero-order chi connectivity index (χ0) is 14.7. The molecule has 7 heteroatoms. The molecule has 1 aliphatic carbocycles. The Morgan fingerprint density at radius 2 is 2.10 bits per heavy atom. The largest absolute Gasteiger partial charge is 0.348 e. The van der Waals surface area contributed by atoms with Crippen LogP contribution in [0.5, 0.6) is 0 Å². The molecule has 1 aromatic rings. The maximum absolute atomic E-state index is 12.3. The summed E-state index contributed by atoms with van der Waals surface area (Å²) in [7, 11) is 0. The Kier molecular flexibility index (Phi) is 4.51. The van der Waals surface area contributed by atoms with Crippen LogP contribution in [0, 0.1) is 0 Å². The van der Waals surface area contributed by atoms with Gasteiger partial charge in [-0.1, -0.05) is 17.8 Å². The van der Waals surface area contributed by atoms with Crippen molar-refractivity contribution in [2.45, 2.75) is 57.3 Å². The second-order valence-corrected chi connectivity index (χ2v) is 6.41. The topological polar surface area (TPSA) is 73.3 Å². The first-order chi connectivity index (χ1) is 10.2. The van der Waals surface area contributed by atoms with Crippen molar-refractivity contribution < 1.29 is 14.3 Å². The molecule has 2 aliphatic rings. The van der Waals surface area contributed by atoms with Crippen molar-refractivity contribution >= 4 is 17.4 Å². The van der Waals surface area contributed by atoms with Crippen LogP contribution in [0.2, 0.25) is 0 Å². The van der Waals surface area contributed by atoms with E-state index >= 15 is 0 Å². The van der Waals surface area contributed by atoms with Gasteiger partial charge < -0.3 is 14.8 Å². The van der Waals surface area contributed by atoms with E-state index in [1.807, 2.05) is 0 Å². The van der Waals surface area contributed by atoms with Crippen LogP contribution in [-0.2, 0) is 15.9 Å². The van der Waals surface area contributed by atoms with E-state index in [0.717, 1.165) is 44.2 Å². The molecule has 1 aliphatic heterocycles. The van der Waals surface area contributed by atoms with Crippen LogP contribution in [0.25, 0.3) is 0 Å². The minimum absolute atomic E-state index is 0.0392. The van der Waals surface area contributed by atoms with Gasteiger partial charge in [-0.05, 0) is 30.8 Å². The van der Waals surface area contributed by atoms with Gasteiger partial charge in [-0.3, -0.25) is 4.79 Å². The summed E-state index contributed by atoms with van der Waals surface area (Å²) in [5, 5.41) is 7.15. The van der Waals surface area contributed by atoms with Crippen LogP contribution in [0.3, 0.4) is 0 Å². The number of hydrogen-bond donors (Lipinski definition) is 1. The molecule has 0 atom stereocenters. The molecule has 0 aromatic carbocycles. The summed E-state index contributed by atoms with van der Waals surface area (Å²) in [6.07, 6.45) is 5.24. The standard InChI is InChI=1S/C14H21N3O3S/c1-2-3-11-12(21-17-16-11)13(18)15-10-4-6-14(7-5-10)19-8-9-20-14/h10H,2-9H2,1H3,(H,15,18). The van der Waals surface area contributed by atoms with Crippen molar-refractivity contribution in [1.82, 2.24) is 14.9 Å². The molecule has 0 bridgehead atoms. The van der Waals surface area contributed by atoms with Crippen LogP contribution in [-0.4, -0.2) is 40.5 Å². The van der Waals surface area contributed by atoms with E-state index in [1.165, 1.54) is 11.5 Å². The number of rotatable bonds is 4. The summed E-state index contributed by atoms with van der Waals surface area (Å²) in [6, 6.07) is 0.188. The summed E-state index contributed by atoms with van der Waals surface area (Å²) >= 11 is 1.18. The van der Waals surface area contributed by atoms with Gasteiger partial charge in [0.2, 0.25) is 0 Å². The van der Waals surface area contributed by atoms with Crippen LogP contribution in [0.1, 0.15) is 54.4 Å². The van der Waals surface area contributed by atoms with Gasteiger partial charge in [0.1, 0.15) is 4.88 Å². The smallest absolute Gasteiger partial charge is 0.265 e. The van der Waals surface area contributed by atoms with Crippen molar-refractivity contribution in [3.8, 4) is 0 Å². The number of nitrogens with one attached hydrogen (secondary N) is 1. The lowest BCUT2D eigenvalue weighted by Gasteiger charge is -2.35. The number of nitrogens with zero attached hydrogens (tertiary/aromatic N) is 2. The number of ether oxygens (including phenoxy) is 2. The number of carbonyl (C=O) groups is 1. The fraction of sp³-hybridized carbons (Fsp3) is 0.786. The summed E-state index contributed by atoms with van der Waals surface area (Å²) < 4.78 is 15.3. The van der Waals surface area contributed by atoms with Gasteiger partial charge in [0.25, 0.3) is 5.91 Å². The van der Waals surface area contributed by atoms with Crippen molar-refractivity contribution in [3.63, 3.8) is 0 Å². The first kappa shape index (κ1) is 14.9. The third kappa shape index (κ3) is 3.25. The molecule has 116 valence electrons. The van der Waals surface area contributed by atoms with Crippen LogP contribution >= 0.6 is 11.5 Å². The molecule has 2 heterocycles. The molecule has 1 spiro atoms. The lowest BCUT2D eigenvalue weighted by molar-refractivity contribution is -0.179. The molecule has 3 rings (SSSR count). The monoisotopic (exact) mass is 311 g/mol. The third-order valence-corrected chi connectivity index (χ3v) is 4.91. The SMILES string of the molecule is CCCc1nnsc1C(=O)NC1CCC2(CC1)OCCO2. The highest BCUT2D eigenvalue weighted by Gasteiger charge is 2.40. The van der Waals surface area contributed by atoms with E-state index in [0.29, 0.717) is 18.1 Å². The Bertz CT molecular complexity index is 489. The third-order valence-electron chi connectivity index (χ3n) is 4.14. The van der Waals surface area contributed by atoms with Crippen molar-refractivity contribution in [1.29, 1.82) is 0 Å². The molecule has 21 heavy (non-hydrogen) atoms. The molecular formula is C14H21N3O3S. The molecule has 6 nitrogen and oxygen atoms in total. The first-order valence-electron chi connectivity index (χ1n) is 7.62. The minimum atomic E-state index is -0.374. The Morgan fingerprint density at radius 1 is 1.38 bits per heavy atom. The normalized spacial score (nSPS) is 21.8. The van der Waals surface area contributed by atoms with E-state index < -0.39 is 0 Å². The van der Waals surface area contributed by atoms with Crippen molar-refractivity contribution in [3.05, 3.63) is 10.6 Å². The molecule has 0 radical (unpaired) electrons. The van der Waals surface area contributed by atoms with E-state index in [-0.39, 0.29) is 17.7 Å². The second-order valence-electron chi connectivity index (χ2n) is 5.65. The Balaban J connectivity index is 1.55. The van der Waals surface area contributed by atoms with E-state index in [2.05, 4.69) is 21.8 Å². The van der Waals surface area contributed by atoms with Crippen molar-refractivity contribution in [2.24, 2.45) is 0 Å². The highest BCUT2D eigenvalue weighted by atomic mass is 32.1. The van der Waals surface area contributed by atoms with E-state index in [1.54, 1.807) is 0 Å². The van der Waals surface area contributed by atoms with Gasteiger partial charge in [0, 0.05) is 18.9 Å². The van der Waals surface area contributed by atoms with Gasteiger partial charge in [-0.2, -0.15) is 0 Å². The molecule has 0 unspecified atom stereocenters. The van der Waals surface area contributed by atoms with Crippen LogP contribution in [0.4, 0.5) is 0 Å². The maximum Gasteiger partial charge on any atom is 0.265 e. The zero-order valence-corrected chi connectivity index (χ0v) is 13.1. The Morgan fingerprint density at radius 3 is 2.76 bits per heavy atom. The van der Waals surface area contributed by atoms with Gasteiger partial charge in [0.15, 0.2) is 5.79 Å². The summed E-state index contributed by atoms with van der Waals surface area (Å²) in [5.41, 5.74) is 0.815. The molecule has 1 saturated heterocycles. The number of aryl methyl sites for hydroxylation is 1. The van der Waals surface area contributed by atoms with Gasteiger partial charge in [-0.25, -0.2) is 0 Å². The minimum Gasteiger partial charge on any atom is -0.348 e. The highest BCUT2D eigenvalue weighted by molar-refractivity contribution is 7.08. The van der Waals surface area contributed by atoms with Gasteiger partial charge in [0.05, 0.1) is 18.9 Å². The number of amides is 1. The molecule has 1 amide bonds. The molecule has 1 aromatic heterocycles. The predicted molar refractivity (Wildman–Crippen MR) is 78.3 cm³/mol. The second kappa shape index (κ2) is 6.37. The summed E-state index contributed by atoms with van der Waals surface area (Å²) in [5.74, 6) is -0.414. The fourth-order valence-corrected chi connectivity index (χ4v) is 3.63. The average Bonchev–Trinajstić information content (AvgIpc) is 3.12. The van der Waals surface area contributed by atoms with Crippen molar-refractivity contribution in [2.75, 3.05) is 13.2 Å². The fourth-order valence-electron chi connectivity index (χ4n) is 3.02. The van der Waals surface area contributed by atoms with Crippen LogP contribution < -0.4 is 5.32 Å². The highest BCUT2D eigenvalue weighted by Crippen LogP contribution is 2.35. The quantitative estimate of drug-likeness (QED) is 0.919. The van der Waals surface area contributed by atoms with E-state index in [4.69, 9.17) is 9.47 Å². The number of hydrogen-bond acceptors (Lipinski definition) is 6. The lowest BCUT2D eigenvalue weighted by Crippen LogP contribution is -2.44. The predicted octanol–water partition coefficient (Wildman–Crippen LogP) is 1.91. The molecule has 2 fully saturated rings. The van der Waals surface area contributed by atoms with Crippen LogP contribution in [0.15, 0.2) is 0 Å². The van der Waals surface area contributed by atoms with Gasteiger partial charge in [-0.15, -0.1) is 5.10 Å². The maximum atomic E-state index is 12.3.